The summed E-state index contributed by atoms with van der Waals surface area (Å²) in [4.78, 5) is 27.7. The highest BCUT2D eigenvalue weighted by Crippen LogP contribution is 2.29. The van der Waals surface area contributed by atoms with Crippen molar-refractivity contribution >= 4 is 44.8 Å². The van der Waals surface area contributed by atoms with Crippen molar-refractivity contribution in [1.29, 1.82) is 0 Å². The summed E-state index contributed by atoms with van der Waals surface area (Å²) in [5.74, 6) is 0.602. The number of hydrogen-bond acceptors (Lipinski definition) is 4. The van der Waals surface area contributed by atoms with E-state index in [9.17, 15) is 4.79 Å². The molecule has 3 heterocycles. The van der Waals surface area contributed by atoms with Crippen molar-refractivity contribution in [2.24, 2.45) is 0 Å². The molecule has 0 aliphatic carbocycles. The van der Waals surface area contributed by atoms with Crippen LogP contribution in [0.1, 0.15) is 5.82 Å². The smallest absolute Gasteiger partial charge is 0.265 e. The lowest BCUT2D eigenvalue weighted by atomic mass is 10.3. The summed E-state index contributed by atoms with van der Waals surface area (Å²) >= 11 is 6.08. The number of rotatable bonds is 3. The van der Waals surface area contributed by atoms with Crippen molar-refractivity contribution < 1.29 is 0 Å². The lowest BCUT2D eigenvalue weighted by molar-refractivity contribution is 0.727. The minimum Gasteiger partial charge on any atom is -0.292 e. The quantitative estimate of drug-likeness (QED) is 0.419. The van der Waals surface area contributed by atoms with E-state index in [0.717, 1.165) is 16.7 Å². The Morgan fingerprint density at radius 1 is 1.00 bits per heavy atom. The van der Waals surface area contributed by atoms with E-state index in [2.05, 4.69) is 6.58 Å². The van der Waals surface area contributed by atoms with E-state index in [1.165, 1.54) is 0 Å². The Balaban J connectivity index is 2.02. The number of fused-ring (bicyclic) bond motifs is 4. The summed E-state index contributed by atoms with van der Waals surface area (Å²) in [6, 6.07) is 15.0. The highest BCUT2D eigenvalue weighted by molar-refractivity contribution is 6.30. The minimum atomic E-state index is -0.158. The molecule has 0 atom stereocenters. The van der Waals surface area contributed by atoms with Gasteiger partial charge in [0, 0.05) is 17.3 Å². The molecule has 0 bridgehead atoms. The molecule has 0 aliphatic rings. The average molecular weight is 402 g/mol. The van der Waals surface area contributed by atoms with Crippen molar-refractivity contribution in [2.75, 3.05) is 0 Å². The van der Waals surface area contributed by atoms with Crippen LogP contribution >= 0.6 is 11.6 Å². The number of aryl methyl sites for hydroxylation is 1. The van der Waals surface area contributed by atoms with Crippen LogP contribution in [0.2, 0.25) is 5.02 Å². The summed E-state index contributed by atoms with van der Waals surface area (Å²) in [6.07, 6.45) is 1.68. The molecular formula is C22H16ClN5O. The first-order valence-electron chi connectivity index (χ1n) is 9.13. The van der Waals surface area contributed by atoms with Crippen molar-refractivity contribution in [3.05, 3.63) is 82.4 Å². The van der Waals surface area contributed by atoms with E-state index >= 15 is 0 Å². The first-order chi connectivity index (χ1) is 14.1. The predicted molar refractivity (Wildman–Crippen MR) is 116 cm³/mol. The molecule has 0 fully saturated rings. The van der Waals surface area contributed by atoms with E-state index in [1.54, 1.807) is 22.8 Å². The van der Waals surface area contributed by atoms with E-state index in [4.69, 9.17) is 26.6 Å². The molecule has 6 nitrogen and oxygen atoms in total. The van der Waals surface area contributed by atoms with E-state index in [0.29, 0.717) is 39.6 Å². The van der Waals surface area contributed by atoms with Crippen LogP contribution < -0.4 is 5.56 Å². The molecule has 29 heavy (non-hydrogen) atoms. The van der Waals surface area contributed by atoms with E-state index in [1.807, 2.05) is 47.9 Å². The molecule has 2 aromatic carbocycles. The molecule has 0 saturated heterocycles. The first-order valence-corrected chi connectivity index (χ1v) is 9.51. The zero-order chi connectivity index (χ0) is 20.1. The van der Waals surface area contributed by atoms with Crippen molar-refractivity contribution in [3.63, 3.8) is 0 Å². The second-order valence-corrected chi connectivity index (χ2v) is 7.19. The number of hydrogen-bond donors (Lipinski definition) is 0. The summed E-state index contributed by atoms with van der Waals surface area (Å²) in [7, 11) is 0. The van der Waals surface area contributed by atoms with Crippen molar-refractivity contribution in [2.45, 2.75) is 13.5 Å². The second kappa shape index (κ2) is 6.53. The molecule has 0 unspecified atom stereocenters. The van der Waals surface area contributed by atoms with Crippen LogP contribution in [0.3, 0.4) is 0 Å². The summed E-state index contributed by atoms with van der Waals surface area (Å²) in [5.41, 5.74) is 3.78. The molecule has 0 radical (unpaired) electrons. The van der Waals surface area contributed by atoms with Gasteiger partial charge in [-0.15, -0.1) is 6.58 Å². The topological polar surface area (TPSA) is 65.6 Å². The maximum absolute atomic E-state index is 13.4. The van der Waals surface area contributed by atoms with Crippen LogP contribution in [-0.2, 0) is 6.54 Å². The zero-order valence-electron chi connectivity index (χ0n) is 15.6. The highest BCUT2D eigenvalue weighted by atomic mass is 35.5. The highest BCUT2D eigenvalue weighted by Gasteiger charge is 2.21. The lowest BCUT2D eigenvalue weighted by Gasteiger charge is -2.09. The van der Waals surface area contributed by atoms with Gasteiger partial charge in [0.25, 0.3) is 5.56 Å². The molecule has 0 N–H and O–H groups in total. The third-order valence-electron chi connectivity index (χ3n) is 4.95. The molecule has 5 rings (SSSR count). The lowest BCUT2D eigenvalue weighted by Crippen LogP contribution is -2.23. The molecular weight excluding hydrogens is 386 g/mol. The second-order valence-electron chi connectivity index (χ2n) is 6.76. The zero-order valence-corrected chi connectivity index (χ0v) is 16.4. The van der Waals surface area contributed by atoms with Crippen molar-refractivity contribution in [1.82, 2.24) is 24.1 Å². The van der Waals surface area contributed by atoms with Gasteiger partial charge in [-0.05, 0) is 43.3 Å². The Morgan fingerprint density at radius 2 is 1.69 bits per heavy atom. The van der Waals surface area contributed by atoms with E-state index < -0.39 is 0 Å². The normalized spacial score (nSPS) is 11.5. The van der Waals surface area contributed by atoms with Crippen LogP contribution in [0.25, 0.3) is 38.9 Å². The molecule has 3 aromatic heterocycles. The Kier molecular flexibility index (Phi) is 3.96. The van der Waals surface area contributed by atoms with Gasteiger partial charge in [-0.3, -0.25) is 13.9 Å². The van der Waals surface area contributed by atoms with Gasteiger partial charge < -0.3 is 0 Å². The Labute approximate surface area is 170 Å². The van der Waals surface area contributed by atoms with E-state index in [-0.39, 0.29) is 5.56 Å². The van der Waals surface area contributed by atoms with Gasteiger partial charge in [-0.2, -0.15) is 0 Å². The number of halogens is 1. The van der Waals surface area contributed by atoms with Gasteiger partial charge >= 0.3 is 0 Å². The molecule has 0 spiro atoms. The van der Waals surface area contributed by atoms with Gasteiger partial charge in [0.2, 0.25) is 0 Å². The fourth-order valence-corrected chi connectivity index (χ4v) is 3.74. The first kappa shape index (κ1) is 17.6. The van der Waals surface area contributed by atoms with Gasteiger partial charge in [-0.25, -0.2) is 15.0 Å². The Hall–Kier alpha value is -3.51. The van der Waals surface area contributed by atoms with Crippen LogP contribution in [0.4, 0.5) is 0 Å². The molecule has 0 amide bonds. The van der Waals surface area contributed by atoms with Crippen LogP contribution in [0, 0.1) is 6.92 Å². The number of benzene rings is 2. The molecule has 7 heteroatoms. The average Bonchev–Trinajstić information content (AvgIpc) is 3.03. The third kappa shape index (κ3) is 2.64. The Bertz CT molecular complexity index is 1480. The fraction of sp³-hybridized carbons (Fsp3) is 0.0909. The van der Waals surface area contributed by atoms with Gasteiger partial charge in [-0.1, -0.05) is 29.8 Å². The molecule has 0 aliphatic heterocycles. The SMILES string of the molecule is C=CCn1c(C)nc2c(c1=O)c1nc3ccccc3nc1n2-c1ccc(Cl)cc1. The molecule has 142 valence electrons. The predicted octanol–water partition coefficient (Wildman–Crippen LogP) is 4.43. The standard InChI is InChI=1S/C22H16ClN5O/c1-3-12-27-13(2)24-20-18(22(27)29)19-21(26-17-7-5-4-6-16(17)25-19)28(20)15-10-8-14(23)9-11-15/h3-11H,1,12H2,2H3. The minimum absolute atomic E-state index is 0.158. The monoisotopic (exact) mass is 401 g/mol. The maximum Gasteiger partial charge on any atom is 0.265 e. The molecule has 5 aromatic rings. The van der Waals surface area contributed by atoms with Crippen molar-refractivity contribution in [3.8, 4) is 5.69 Å². The van der Waals surface area contributed by atoms with Crippen LogP contribution in [0.15, 0.2) is 66.0 Å². The van der Waals surface area contributed by atoms with Crippen LogP contribution in [-0.4, -0.2) is 24.1 Å². The third-order valence-corrected chi connectivity index (χ3v) is 5.20. The summed E-state index contributed by atoms with van der Waals surface area (Å²) in [5, 5.41) is 1.07. The number of nitrogens with zero attached hydrogens (tertiary/aromatic N) is 5. The fourth-order valence-electron chi connectivity index (χ4n) is 3.61. The number of allylic oxidation sites excluding steroid dienone is 1. The van der Waals surface area contributed by atoms with Gasteiger partial charge in [0.1, 0.15) is 16.7 Å². The maximum atomic E-state index is 13.4. The summed E-state index contributed by atoms with van der Waals surface area (Å²) < 4.78 is 3.46. The number of aromatic nitrogens is 5. The van der Waals surface area contributed by atoms with Gasteiger partial charge in [0.15, 0.2) is 11.3 Å². The Morgan fingerprint density at radius 3 is 2.38 bits per heavy atom. The van der Waals surface area contributed by atoms with Gasteiger partial charge in [0.05, 0.1) is 11.0 Å². The molecule has 0 saturated carbocycles. The van der Waals surface area contributed by atoms with Crippen LogP contribution in [0.5, 0.6) is 0 Å². The largest absolute Gasteiger partial charge is 0.292 e. The summed E-state index contributed by atoms with van der Waals surface area (Å²) in [6.45, 7) is 5.94. The number of para-hydroxylation sites is 2.